The van der Waals surface area contributed by atoms with E-state index in [-0.39, 0.29) is 12.7 Å². The van der Waals surface area contributed by atoms with Crippen molar-refractivity contribution in [3.05, 3.63) is 41.3 Å². The lowest BCUT2D eigenvalue weighted by Gasteiger charge is -2.17. The molecule has 10 nitrogen and oxygen atoms in total. The Hall–Kier alpha value is -3.63. The number of hydrogen-bond donors (Lipinski definition) is 3. The Labute approximate surface area is 197 Å². The maximum atomic E-state index is 9.58. The molecule has 0 radical (unpaired) electrons. The standard InChI is InChI=1S/C24H29N7O3/c1-4-33-23-17-6-8-21-18-11-16(5-7-20(18)27-28-21)19-13-26-30(3)24(19)34-15(2)12-25-14-22(17)31(29-23)9-10-32/h5-8,11,13,15,25,32H,4,9-10,12,14H2,1-3H3,(H,27,28)/b8-6+/t15-/m1/s1. The molecule has 3 N–H and O–H groups in total. The van der Waals surface area contributed by atoms with Crippen molar-refractivity contribution in [1.29, 1.82) is 0 Å². The highest BCUT2D eigenvalue weighted by Gasteiger charge is 2.20. The predicted octanol–water partition coefficient (Wildman–Crippen LogP) is 2.59. The van der Waals surface area contributed by atoms with E-state index in [2.05, 4.69) is 31.8 Å². The molecule has 5 rings (SSSR count). The van der Waals surface area contributed by atoms with Crippen LogP contribution < -0.4 is 14.8 Å². The second kappa shape index (κ2) is 9.32. The minimum Gasteiger partial charge on any atom is -0.476 e. The van der Waals surface area contributed by atoms with Gasteiger partial charge in [0.2, 0.25) is 11.8 Å². The first-order valence-corrected chi connectivity index (χ1v) is 11.5. The number of aryl methyl sites for hydroxylation is 1. The Bertz CT molecular complexity index is 1330. The number of aliphatic hydroxyl groups is 1. The highest BCUT2D eigenvalue weighted by molar-refractivity contribution is 5.93. The Morgan fingerprint density at radius 1 is 1.29 bits per heavy atom. The summed E-state index contributed by atoms with van der Waals surface area (Å²) < 4.78 is 15.7. The molecule has 10 heteroatoms. The largest absolute Gasteiger partial charge is 0.476 e. The van der Waals surface area contributed by atoms with Gasteiger partial charge in [0.05, 0.1) is 54.0 Å². The monoisotopic (exact) mass is 463 g/mol. The summed E-state index contributed by atoms with van der Waals surface area (Å²) >= 11 is 0. The van der Waals surface area contributed by atoms with E-state index in [4.69, 9.17) is 9.47 Å². The topological polar surface area (TPSA) is 115 Å². The van der Waals surface area contributed by atoms with Gasteiger partial charge in [-0.2, -0.15) is 10.2 Å². The molecule has 1 atom stereocenters. The number of benzene rings is 1. The first-order chi connectivity index (χ1) is 16.6. The van der Waals surface area contributed by atoms with E-state index in [1.165, 1.54) is 0 Å². The van der Waals surface area contributed by atoms with Crippen LogP contribution >= 0.6 is 0 Å². The van der Waals surface area contributed by atoms with E-state index in [0.717, 1.165) is 39.0 Å². The number of hydrogen-bond acceptors (Lipinski definition) is 7. The summed E-state index contributed by atoms with van der Waals surface area (Å²) in [4.78, 5) is 0. The molecule has 0 fully saturated rings. The molecule has 3 aromatic heterocycles. The normalized spacial score (nSPS) is 17.0. The molecule has 4 heterocycles. The number of aromatic amines is 1. The van der Waals surface area contributed by atoms with Crippen molar-refractivity contribution in [2.75, 3.05) is 19.8 Å². The average Bonchev–Trinajstić information content (AvgIpc) is 3.49. The van der Waals surface area contributed by atoms with E-state index >= 15 is 0 Å². The lowest BCUT2D eigenvalue weighted by atomic mass is 10.1. The fraction of sp³-hybridized carbons (Fsp3) is 0.375. The number of aromatic nitrogens is 6. The SMILES string of the molecule is CCOc1nn(CCO)c2c1/C=C/c1[nH]nc3ccc(cc13)-c1cnn(C)c1O[C@H](C)CNC2. The van der Waals surface area contributed by atoms with Crippen molar-refractivity contribution in [2.24, 2.45) is 7.05 Å². The highest BCUT2D eigenvalue weighted by Crippen LogP contribution is 2.33. The number of fused-ring (bicyclic) bond motifs is 4. The fourth-order valence-corrected chi connectivity index (χ4v) is 4.24. The van der Waals surface area contributed by atoms with Crippen molar-refractivity contribution in [3.8, 4) is 22.9 Å². The molecule has 0 saturated heterocycles. The van der Waals surface area contributed by atoms with Gasteiger partial charge in [-0.05, 0) is 43.7 Å². The van der Waals surface area contributed by atoms with Crippen molar-refractivity contribution in [2.45, 2.75) is 33.0 Å². The number of ether oxygens (including phenoxy) is 2. The highest BCUT2D eigenvalue weighted by atomic mass is 16.5. The minimum atomic E-state index is -0.105. The van der Waals surface area contributed by atoms with Gasteiger partial charge in [0, 0.05) is 25.5 Å². The van der Waals surface area contributed by atoms with Gasteiger partial charge in [-0.1, -0.05) is 6.07 Å². The molecular weight excluding hydrogens is 434 g/mol. The molecule has 178 valence electrons. The molecule has 0 saturated carbocycles. The van der Waals surface area contributed by atoms with Crippen molar-refractivity contribution in [1.82, 2.24) is 35.1 Å². The molecule has 0 unspecified atom stereocenters. The van der Waals surface area contributed by atoms with Gasteiger partial charge < -0.3 is 19.9 Å². The van der Waals surface area contributed by atoms with Crippen LogP contribution in [0.25, 0.3) is 34.2 Å². The molecule has 2 bridgehead atoms. The maximum absolute atomic E-state index is 9.58. The van der Waals surface area contributed by atoms with E-state index < -0.39 is 0 Å². The molecule has 1 aliphatic heterocycles. The Kier molecular flexibility index (Phi) is 6.08. The van der Waals surface area contributed by atoms with Crippen molar-refractivity contribution < 1.29 is 14.6 Å². The third-order valence-corrected chi connectivity index (χ3v) is 5.89. The smallest absolute Gasteiger partial charge is 0.240 e. The zero-order valence-electron chi connectivity index (χ0n) is 19.6. The molecular formula is C24H29N7O3. The molecule has 0 spiro atoms. The van der Waals surface area contributed by atoms with Crippen LogP contribution in [0.1, 0.15) is 30.8 Å². The molecule has 1 aromatic carbocycles. The third kappa shape index (κ3) is 4.06. The van der Waals surface area contributed by atoms with Crippen LogP contribution in [0.15, 0.2) is 24.4 Å². The van der Waals surface area contributed by atoms with E-state index in [0.29, 0.717) is 38.0 Å². The van der Waals surface area contributed by atoms with Crippen LogP contribution in [0.3, 0.4) is 0 Å². The fourth-order valence-electron chi connectivity index (χ4n) is 4.24. The Morgan fingerprint density at radius 3 is 3.00 bits per heavy atom. The maximum Gasteiger partial charge on any atom is 0.240 e. The van der Waals surface area contributed by atoms with Gasteiger partial charge in [0.15, 0.2) is 0 Å². The van der Waals surface area contributed by atoms with Crippen molar-refractivity contribution in [3.63, 3.8) is 0 Å². The molecule has 4 aromatic rings. The summed E-state index contributed by atoms with van der Waals surface area (Å²) in [6, 6.07) is 6.13. The Morgan fingerprint density at radius 2 is 2.18 bits per heavy atom. The van der Waals surface area contributed by atoms with Crippen LogP contribution in [0, 0.1) is 0 Å². The summed E-state index contributed by atoms with van der Waals surface area (Å²) in [5, 5.41) is 30.7. The van der Waals surface area contributed by atoms with Crippen LogP contribution in [0.4, 0.5) is 0 Å². The zero-order chi connectivity index (χ0) is 23.7. The second-order valence-electron chi connectivity index (χ2n) is 8.29. The average molecular weight is 464 g/mol. The zero-order valence-corrected chi connectivity index (χ0v) is 19.6. The number of nitrogens with zero attached hydrogens (tertiary/aromatic N) is 5. The van der Waals surface area contributed by atoms with E-state index in [1.54, 1.807) is 9.36 Å². The first-order valence-electron chi connectivity index (χ1n) is 11.5. The Balaban J connectivity index is 1.66. The summed E-state index contributed by atoms with van der Waals surface area (Å²) in [6.07, 6.45) is 5.72. The van der Waals surface area contributed by atoms with Gasteiger partial charge in [0.1, 0.15) is 6.10 Å². The molecule has 0 amide bonds. The lowest BCUT2D eigenvalue weighted by Crippen LogP contribution is -2.30. The molecule has 34 heavy (non-hydrogen) atoms. The van der Waals surface area contributed by atoms with Gasteiger partial charge in [-0.25, -0.2) is 4.68 Å². The summed E-state index contributed by atoms with van der Waals surface area (Å²) in [7, 11) is 1.88. The summed E-state index contributed by atoms with van der Waals surface area (Å²) in [5.41, 5.74) is 5.49. The lowest BCUT2D eigenvalue weighted by molar-refractivity contribution is 0.199. The van der Waals surface area contributed by atoms with Gasteiger partial charge in [-0.3, -0.25) is 9.78 Å². The van der Waals surface area contributed by atoms with Crippen molar-refractivity contribution >= 4 is 23.1 Å². The predicted molar refractivity (Wildman–Crippen MR) is 130 cm³/mol. The number of nitrogens with one attached hydrogen (secondary N) is 2. The van der Waals surface area contributed by atoms with Gasteiger partial charge in [-0.15, -0.1) is 5.10 Å². The summed E-state index contributed by atoms with van der Waals surface area (Å²) in [6.45, 7) is 5.98. The van der Waals surface area contributed by atoms with Crippen LogP contribution in [0.2, 0.25) is 0 Å². The number of H-pyrrole nitrogens is 1. The number of aliphatic hydroxyl groups excluding tert-OH is 1. The van der Waals surface area contributed by atoms with Crippen LogP contribution in [-0.2, 0) is 20.1 Å². The molecule has 1 aliphatic rings. The van der Waals surface area contributed by atoms with E-state index in [9.17, 15) is 5.11 Å². The minimum absolute atomic E-state index is 0.0137. The number of rotatable bonds is 4. The molecule has 0 aliphatic carbocycles. The summed E-state index contributed by atoms with van der Waals surface area (Å²) in [5.74, 6) is 1.26. The third-order valence-electron chi connectivity index (χ3n) is 5.89. The first kappa shape index (κ1) is 22.2. The van der Waals surface area contributed by atoms with Crippen LogP contribution in [-0.4, -0.2) is 60.7 Å². The van der Waals surface area contributed by atoms with Gasteiger partial charge in [0.25, 0.3) is 0 Å². The van der Waals surface area contributed by atoms with E-state index in [1.807, 2.05) is 51.4 Å². The quantitative estimate of drug-likeness (QED) is 0.426. The second-order valence-corrected chi connectivity index (χ2v) is 8.29. The van der Waals surface area contributed by atoms with Crippen LogP contribution in [0.5, 0.6) is 11.8 Å². The van der Waals surface area contributed by atoms with Gasteiger partial charge >= 0.3 is 0 Å².